The van der Waals surface area contributed by atoms with Gasteiger partial charge in [0.2, 0.25) is 0 Å². The molecule has 2 heterocycles. The first-order valence-electron chi connectivity index (χ1n) is 15.4. The molecule has 3 atom stereocenters. The Kier molecular flexibility index (Phi) is 9.70. The van der Waals surface area contributed by atoms with E-state index in [0.717, 1.165) is 34.0 Å². The number of halogens is 1. The first-order valence-corrected chi connectivity index (χ1v) is 19.3. The number of unbranched alkanes of at least 4 members (excludes halogenated alkanes) is 1. The summed E-state index contributed by atoms with van der Waals surface area (Å²) in [6.07, 6.45) is 6.26. The van der Waals surface area contributed by atoms with Crippen LogP contribution in [0.2, 0.25) is 0 Å². The molecule has 1 aliphatic heterocycles. The van der Waals surface area contributed by atoms with Crippen LogP contribution in [-0.2, 0) is 6.42 Å². The topological polar surface area (TPSA) is 35.5 Å². The Labute approximate surface area is 271 Å². The quantitative estimate of drug-likeness (QED) is 0.118. The molecule has 0 saturated carbocycles. The maximum absolute atomic E-state index is 6.92. The minimum Gasteiger partial charge on any atom is -0.399 e. The van der Waals surface area contributed by atoms with E-state index in [2.05, 4.69) is 130 Å². The monoisotopic (exact) mass is 722 g/mol. The van der Waals surface area contributed by atoms with Gasteiger partial charge in [-0.1, -0.05) is 88.0 Å². The molecule has 6 heteroatoms. The van der Waals surface area contributed by atoms with E-state index in [4.69, 9.17) is 12.9 Å². The minimum absolute atomic E-state index is 0.498. The second-order valence-corrected chi connectivity index (χ2v) is 16.7. The summed E-state index contributed by atoms with van der Waals surface area (Å²) in [5, 5.41) is 2.35. The van der Waals surface area contributed by atoms with Crippen LogP contribution in [0.1, 0.15) is 82.9 Å². The summed E-state index contributed by atoms with van der Waals surface area (Å²) in [6, 6.07) is 26.6. The van der Waals surface area contributed by atoms with Crippen molar-refractivity contribution in [2.75, 3.05) is 6.35 Å². The van der Waals surface area contributed by atoms with Crippen molar-refractivity contribution >= 4 is 60.7 Å². The molecule has 6 rings (SSSR count). The Balaban J connectivity index is 1.50. The van der Waals surface area contributed by atoms with Crippen molar-refractivity contribution in [1.82, 2.24) is 0 Å². The molecule has 4 aromatic carbocycles. The van der Waals surface area contributed by atoms with E-state index in [0.29, 0.717) is 17.7 Å². The fraction of sp³-hybridized carbons (Fsp3) is 0.351. The maximum Gasteiger partial charge on any atom is 0.387 e. The van der Waals surface area contributed by atoms with E-state index in [1.54, 1.807) is 0 Å². The van der Waals surface area contributed by atoms with Crippen molar-refractivity contribution in [1.29, 1.82) is 0 Å². The molecular formula is C37H41IO3P2. The van der Waals surface area contributed by atoms with Crippen LogP contribution in [0.5, 0.6) is 0 Å². The summed E-state index contributed by atoms with van der Waals surface area (Å²) in [5.74, 6) is 0. The summed E-state index contributed by atoms with van der Waals surface area (Å²) < 4.78 is 21.7. The summed E-state index contributed by atoms with van der Waals surface area (Å²) in [6.45, 7) is 11.1. The van der Waals surface area contributed by atoms with Gasteiger partial charge < -0.3 is 8.39 Å². The van der Waals surface area contributed by atoms with E-state index >= 15 is 0 Å². The molecule has 3 nitrogen and oxygen atoms in total. The molecule has 224 valence electrons. The molecule has 0 N–H and O–H groups in total. The average molecular weight is 723 g/mol. The maximum atomic E-state index is 6.92. The lowest BCUT2D eigenvalue weighted by Crippen LogP contribution is -2.02. The second kappa shape index (κ2) is 13.5. The van der Waals surface area contributed by atoms with Crippen LogP contribution in [0.25, 0.3) is 21.9 Å². The average Bonchev–Trinajstić information content (AvgIpc) is 3.36. The van der Waals surface area contributed by atoms with E-state index in [9.17, 15) is 0 Å². The molecule has 1 unspecified atom stereocenters. The number of benzene rings is 4. The third-order valence-electron chi connectivity index (χ3n) is 9.21. The lowest BCUT2D eigenvalue weighted by atomic mass is 9.93. The van der Waals surface area contributed by atoms with Crippen LogP contribution in [0.4, 0.5) is 0 Å². The van der Waals surface area contributed by atoms with Gasteiger partial charge in [-0.15, -0.1) is 0 Å². The smallest absolute Gasteiger partial charge is 0.387 e. The molecule has 0 radical (unpaired) electrons. The lowest BCUT2D eigenvalue weighted by Gasteiger charge is -2.25. The van der Waals surface area contributed by atoms with Gasteiger partial charge in [-0.25, -0.2) is 0 Å². The van der Waals surface area contributed by atoms with E-state index in [-0.39, 0.29) is 0 Å². The SMILES string of the molecule is CCCCc1cc(C)c(C)c2c1op(OCP1[C@@H](c3ccccc3)CC[C@@H]1c1ccccc1)oc1c(I)cc(C)c(C)c12. The standard InChI is InChI=1S/C37H41IO3P2/c1-6-7-14-30-21-24(2)26(4)34-35-27(5)25(3)22-31(38)37(35)41-43(40-36(30)34)39-23-42-32(28-15-10-8-11-16-28)19-20-33(42)29-17-12-9-13-18-29/h8-13,15-18,21-22,32-33H,6-7,14,19-20,23H2,1-5H3/t32-,33-,43?/m1/s1. The summed E-state index contributed by atoms with van der Waals surface area (Å²) in [7, 11) is -2.15. The van der Waals surface area contributed by atoms with Crippen LogP contribution in [0, 0.1) is 31.3 Å². The summed E-state index contributed by atoms with van der Waals surface area (Å²) in [4.78, 5) is 0. The highest BCUT2D eigenvalue weighted by Crippen LogP contribution is 2.70. The highest BCUT2D eigenvalue weighted by molar-refractivity contribution is 14.1. The number of fused-ring (bicyclic) bond motifs is 3. The predicted molar refractivity (Wildman–Crippen MR) is 193 cm³/mol. The van der Waals surface area contributed by atoms with Gasteiger partial charge in [0.05, 0.1) is 9.92 Å². The number of hydrogen-bond acceptors (Lipinski definition) is 3. The van der Waals surface area contributed by atoms with Gasteiger partial charge in [0, 0.05) is 22.1 Å². The largest absolute Gasteiger partial charge is 0.399 e. The molecule has 43 heavy (non-hydrogen) atoms. The molecular weight excluding hydrogens is 681 g/mol. The third kappa shape index (κ3) is 6.23. The van der Waals surface area contributed by atoms with Gasteiger partial charge in [-0.05, 0) is 121 Å². The van der Waals surface area contributed by atoms with E-state index < -0.39 is 16.2 Å². The molecule has 0 aliphatic carbocycles. The summed E-state index contributed by atoms with van der Waals surface area (Å²) in [5.41, 5.74) is 12.1. The van der Waals surface area contributed by atoms with Gasteiger partial charge in [0.1, 0.15) is 5.58 Å². The lowest BCUT2D eigenvalue weighted by molar-refractivity contribution is 0.432. The van der Waals surface area contributed by atoms with Crippen molar-refractivity contribution in [3.8, 4) is 0 Å². The van der Waals surface area contributed by atoms with Crippen LogP contribution in [0.15, 0.2) is 81.2 Å². The Hall–Kier alpha value is -2.10. The van der Waals surface area contributed by atoms with Crippen LogP contribution < -0.4 is 4.52 Å². The Morgan fingerprint density at radius 3 is 1.88 bits per heavy atom. The number of rotatable bonds is 8. The van der Waals surface area contributed by atoms with Gasteiger partial charge in [0.25, 0.3) is 0 Å². The predicted octanol–water partition coefficient (Wildman–Crippen LogP) is 12.6. The minimum atomic E-state index is -1.64. The molecule has 1 fully saturated rings. The number of aryl methyl sites for hydroxylation is 5. The number of hydrogen-bond donors (Lipinski definition) is 0. The Morgan fingerprint density at radius 1 is 0.767 bits per heavy atom. The zero-order valence-electron chi connectivity index (χ0n) is 25.8. The van der Waals surface area contributed by atoms with Gasteiger partial charge >= 0.3 is 8.24 Å². The molecule has 1 aliphatic rings. The second-order valence-electron chi connectivity index (χ2n) is 11.9. The highest BCUT2D eigenvalue weighted by atomic mass is 127. The third-order valence-corrected chi connectivity index (χ3v) is 14.4. The van der Waals surface area contributed by atoms with Crippen LogP contribution in [0.3, 0.4) is 0 Å². The van der Waals surface area contributed by atoms with Crippen LogP contribution >= 0.6 is 38.8 Å². The zero-order valence-corrected chi connectivity index (χ0v) is 29.8. The fourth-order valence-corrected chi connectivity index (χ4v) is 12.2. The highest BCUT2D eigenvalue weighted by Gasteiger charge is 2.38. The molecule has 1 aromatic heterocycles. The van der Waals surface area contributed by atoms with Crippen molar-refractivity contribution in [3.05, 3.63) is 115 Å². The molecule has 0 amide bonds. The molecule has 0 bridgehead atoms. The Morgan fingerprint density at radius 2 is 1.30 bits per heavy atom. The normalized spacial score (nSPS) is 17.7. The van der Waals surface area contributed by atoms with Gasteiger partial charge in [-0.3, -0.25) is 4.52 Å². The summed E-state index contributed by atoms with van der Waals surface area (Å²) >= 11 is 2.43. The molecule has 5 aromatic rings. The van der Waals surface area contributed by atoms with Crippen LogP contribution in [-0.4, -0.2) is 6.35 Å². The zero-order chi connectivity index (χ0) is 30.1. The van der Waals surface area contributed by atoms with Gasteiger partial charge in [-0.2, -0.15) is 0 Å². The van der Waals surface area contributed by atoms with Crippen molar-refractivity contribution in [2.24, 2.45) is 0 Å². The first kappa shape index (κ1) is 30.9. The fourth-order valence-electron chi connectivity index (χ4n) is 6.61. The Bertz CT molecular complexity index is 1740. The molecule has 0 spiro atoms. The van der Waals surface area contributed by atoms with E-state index in [1.165, 1.54) is 62.6 Å². The van der Waals surface area contributed by atoms with Crippen molar-refractivity contribution in [3.63, 3.8) is 0 Å². The first-order chi connectivity index (χ1) is 20.9. The van der Waals surface area contributed by atoms with Crippen molar-refractivity contribution in [2.45, 2.75) is 78.0 Å². The van der Waals surface area contributed by atoms with E-state index in [1.807, 2.05) is 0 Å². The van der Waals surface area contributed by atoms with Gasteiger partial charge in [0.15, 0.2) is 5.58 Å². The van der Waals surface area contributed by atoms with Crippen molar-refractivity contribution < 1.29 is 12.9 Å². The molecule has 1 saturated heterocycles.